The molecule has 1 rings (SSSR count). The van der Waals surface area contributed by atoms with Crippen molar-refractivity contribution < 1.29 is 0 Å². The molecule has 3 nitrogen and oxygen atoms in total. The lowest BCUT2D eigenvalue weighted by atomic mass is 10.1. The molecular weight excluding hydrogens is 198 g/mol. The topological polar surface area (TPSA) is 37.0 Å². The predicted molar refractivity (Wildman–Crippen MR) is 69.6 cm³/mol. The van der Waals surface area contributed by atoms with Crippen molar-refractivity contribution in [3.63, 3.8) is 0 Å². The molecule has 0 unspecified atom stereocenters. The second-order valence-corrected chi connectivity index (χ2v) is 5.45. The Hall–Kier alpha value is -1.09. The summed E-state index contributed by atoms with van der Waals surface area (Å²) in [4.78, 5) is 4.34. The predicted octanol–water partition coefficient (Wildman–Crippen LogP) is 2.79. The molecule has 0 atom stereocenters. The number of hydrogen-bond acceptors (Lipinski definition) is 3. The Labute approximate surface area is 98.7 Å². The van der Waals surface area contributed by atoms with E-state index in [0.29, 0.717) is 6.04 Å². The number of pyridine rings is 1. The first-order chi connectivity index (χ1) is 7.37. The quantitative estimate of drug-likeness (QED) is 0.821. The van der Waals surface area contributed by atoms with Crippen LogP contribution < -0.4 is 10.6 Å². The standard InChI is InChI=1S/C13H23N3/c1-10(2)15-9-12-8-11(6-7-14-12)16-13(3,4)5/h6-8,10,15H,9H2,1-5H3,(H,14,16). The highest BCUT2D eigenvalue weighted by Crippen LogP contribution is 2.14. The van der Waals surface area contributed by atoms with Gasteiger partial charge in [-0.05, 0) is 32.9 Å². The first-order valence-electron chi connectivity index (χ1n) is 5.83. The van der Waals surface area contributed by atoms with Gasteiger partial charge in [-0.2, -0.15) is 0 Å². The van der Waals surface area contributed by atoms with E-state index in [9.17, 15) is 0 Å². The summed E-state index contributed by atoms with van der Waals surface area (Å²) in [7, 11) is 0. The second-order valence-electron chi connectivity index (χ2n) is 5.45. The summed E-state index contributed by atoms with van der Waals surface area (Å²) in [6, 6.07) is 4.59. The van der Waals surface area contributed by atoms with Gasteiger partial charge < -0.3 is 10.6 Å². The molecule has 16 heavy (non-hydrogen) atoms. The van der Waals surface area contributed by atoms with Crippen LogP contribution in [0.15, 0.2) is 18.3 Å². The number of aromatic nitrogens is 1. The zero-order chi connectivity index (χ0) is 12.2. The lowest BCUT2D eigenvalue weighted by molar-refractivity contribution is 0.581. The van der Waals surface area contributed by atoms with E-state index in [2.05, 4.69) is 56.3 Å². The minimum Gasteiger partial charge on any atom is -0.380 e. The molecule has 2 N–H and O–H groups in total. The van der Waals surface area contributed by atoms with E-state index in [1.54, 1.807) is 0 Å². The highest BCUT2D eigenvalue weighted by atomic mass is 15.0. The van der Waals surface area contributed by atoms with Crippen LogP contribution in [0.2, 0.25) is 0 Å². The summed E-state index contributed by atoms with van der Waals surface area (Å²) >= 11 is 0. The maximum Gasteiger partial charge on any atom is 0.0562 e. The van der Waals surface area contributed by atoms with Crippen LogP contribution in [0.5, 0.6) is 0 Å². The molecule has 1 aromatic heterocycles. The van der Waals surface area contributed by atoms with Crippen LogP contribution in [0.1, 0.15) is 40.3 Å². The largest absolute Gasteiger partial charge is 0.380 e. The van der Waals surface area contributed by atoms with E-state index < -0.39 is 0 Å². The lowest BCUT2D eigenvalue weighted by Crippen LogP contribution is -2.26. The Kier molecular flexibility index (Phi) is 4.30. The molecule has 0 aliphatic rings. The smallest absolute Gasteiger partial charge is 0.0562 e. The van der Waals surface area contributed by atoms with E-state index in [-0.39, 0.29) is 5.54 Å². The number of hydrogen-bond donors (Lipinski definition) is 2. The van der Waals surface area contributed by atoms with Crippen LogP contribution in [0.4, 0.5) is 5.69 Å². The SMILES string of the molecule is CC(C)NCc1cc(NC(C)(C)C)ccn1. The van der Waals surface area contributed by atoms with E-state index in [1.807, 2.05) is 12.3 Å². The molecule has 0 saturated heterocycles. The molecular formula is C13H23N3. The third kappa shape index (κ3) is 5.12. The number of nitrogens with zero attached hydrogens (tertiary/aromatic N) is 1. The zero-order valence-corrected chi connectivity index (χ0v) is 11.0. The summed E-state index contributed by atoms with van der Waals surface area (Å²) in [6.07, 6.45) is 1.85. The summed E-state index contributed by atoms with van der Waals surface area (Å²) in [5, 5.41) is 6.80. The summed E-state index contributed by atoms with van der Waals surface area (Å²) in [5.74, 6) is 0. The Morgan fingerprint density at radius 1 is 1.31 bits per heavy atom. The van der Waals surface area contributed by atoms with Gasteiger partial charge in [-0.3, -0.25) is 4.98 Å². The molecule has 90 valence electrons. The van der Waals surface area contributed by atoms with E-state index in [0.717, 1.165) is 17.9 Å². The van der Waals surface area contributed by atoms with Crippen LogP contribution in [0, 0.1) is 0 Å². The molecule has 0 radical (unpaired) electrons. The molecule has 1 heterocycles. The highest BCUT2D eigenvalue weighted by molar-refractivity contribution is 5.45. The number of anilines is 1. The maximum atomic E-state index is 4.34. The van der Waals surface area contributed by atoms with Gasteiger partial charge in [-0.25, -0.2) is 0 Å². The monoisotopic (exact) mass is 221 g/mol. The van der Waals surface area contributed by atoms with E-state index >= 15 is 0 Å². The minimum atomic E-state index is 0.0874. The van der Waals surface area contributed by atoms with Crippen molar-refractivity contribution >= 4 is 5.69 Å². The van der Waals surface area contributed by atoms with Crippen molar-refractivity contribution in [2.24, 2.45) is 0 Å². The third-order valence-corrected chi connectivity index (χ3v) is 2.03. The van der Waals surface area contributed by atoms with Crippen molar-refractivity contribution in [3.05, 3.63) is 24.0 Å². The molecule has 0 aromatic carbocycles. The van der Waals surface area contributed by atoms with Gasteiger partial charge in [0.15, 0.2) is 0 Å². The zero-order valence-electron chi connectivity index (χ0n) is 11.0. The second kappa shape index (κ2) is 5.30. The van der Waals surface area contributed by atoms with Crippen LogP contribution in [0.3, 0.4) is 0 Å². The molecule has 0 amide bonds. The van der Waals surface area contributed by atoms with Crippen molar-refractivity contribution in [1.82, 2.24) is 10.3 Å². The Bertz CT molecular complexity index is 326. The van der Waals surface area contributed by atoms with Gasteiger partial charge in [-0.15, -0.1) is 0 Å². The fourth-order valence-electron chi connectivity index (χ4n) is 1.39. The van der Waals surface area contributed by atoms with Gasteiger partial charge in [0.1, 0.15) is 0 Å². The molecule has 0 saturated carbocycles. The fraction of sp³-hybridized carbons (Fsp3) is 0.615. The van der Waals surface area contributed by atoms with Gasteiger partial charge in [0.2, 0.25) is 0 Å². The van der Waals surface area contributed by atoms with Gasteiger partial charge in [0, 0.05) is 30.0 Å². The first-order valence-corrected chi connectivity index (χ1v) is 5.83. The maximum absolute atomic E-state index is 4.34. The van der Waals surface area contributed by atoms with Gasteiger partial charge >= 0.3 is 0 Å². The number of rotatable bonds is 4. The van der Waals surface area contributed by atoms with E-state index in [4.69, 9.17) is 0 Å². The summed E-state index contributed by atoms with van der Waals surface area (Å²) in [6.45, 7) is 11.5. The molecule has 3 heteroatoms. The highest BCUT2D eigenvalue weighted by Gasteiger charge is 2.09. The lowest BCUT2D eigenvalue weighted by Gasteiger charge is -2.22. The molecule has 0 bridgehead atoms. The molecule has 0 spiro atoms. The average molecular weight is 221 g/mol. The Morgan fingerprint density at radius 2 is 2.00 bits per heavy atom. The molecule has 0 aliphatic carbocycles. The van der Waals surface area contributed by atoms with Crippen molar-refractivity contribution in [2.75, 3.05) is 5.32 Å². The van der Waals surface area contributed by atoms with Crippen molar-refractivity contribution in [2.45, 2.75) is 52.7 Å². The van der Waals surface area contributed by atoms with Crippen LogP contribution in [-0.4, -0.2) is 16.6 Å². The fourth-order valence-corrected chi connectivity index (χ4v) is 1.39. The van der Waals surface area contributed by atoms with Gasteiger partial charge in [-0.1, -0.05) is 13.8 Å². The number of nitrogens with one attached hydrogen (secondary N) is 2. The van der Waals surface area contributed by atoms with Crippen molar-refractivity contribution in [1.29, 1.82) is 0 Å². The molecule has 1 aromatic rings. The normalized spacial score (nSPS) is 11.9. The van der Waals surface area contributed by atoms with Crippen LogP contribution >= 0.6 is 0 Å². The Morgan fingerprint density at radius 3 is 2.56 bits per heavy atom. The summed E-state index contributed by atoms with van der Waals surface area (Å²) < 4.78 is 0. The van der Waals surface area contributed by atoms with Crippen LogP contribution in [-0.2, 0) is 6.54 Å². The first kappa shape index (κ1) is 13.0. The van der Waals surface area contributed by atoms with Gasteiger partial charge in [0.25, 0.3) is 0 Å². The third-order valence-electron chi connectivity index (χ3n) is 2.03. The molecule has 0 aliphatic heterocycles. The van der Waals surface area contributed by atoms with Crippen molar-refractivity contribution in [3.8, 4) is 0 Å². The van der Waals surface area contributed by atoms with E-state index in [1.165, 1.54) is 0 Å². The summed E-state index contributed by atoms with van der Waals surface area (Å²) in [5.41, 5.74) is 2.29. The Balaban J connectivity index is 2.64. The minimum absolute atomic E-state index is 0.0874. The molecule has 0 fully saturated rings. The van der Waals surface area contributed by atoms with Crippen LogP contribution in [0.25, 0.3) is 0 Å². The average Bonchev–Trinajstić information content (AvgIpc) is 2.12. The van der Waals surface area contributed by atoms with Gasteiger partial charge in [0.05, 0.1) is 5.69 Å².